The highest BCUT2D eigenvalue weighted by molar-refractivity contribution is 7.89. The van der Waals surface area contributed by atoms with E-state index in [-0.39, 0.29) is 10.6 Å². The van der Waals surface area contributed by atoms with E-state index in [2.05, 4.69) is 4.72 Å². The van der Waals surface area contributed by atoms with Gasteiger partial charge in [-0.15, -0.1) is 0 Å². The number of benzene rings is 2. The monoisotopic (exact) mass is 348 g/mol. The predicted molar refractivity (Wildman–Crippen MR) is 92.4 cm³/mol. The van der Waals surface area contributed by atoms with Gasteiger partial charge < -0.3 is 0 Å². The molecule has 0 saturated carbocycles. The Hall–Kier alpha value is -2.25. The summed E-state index contributed by atoms with van der Waals surface area (Å²) in [6, 6.07) is 11.0. The summed E-state index contributed by atoms with van der Waals surface area (Å²) in [5.41, 5.74) is 2.16. The zero-order valence-electron chi connectivity index (χ0n) is 13.8. The van der Waals surface area contributed by atoms with E-state index in [0.29, 0.717) is 12.0 Å². The van der Waals surface area contributed by atoms with E-state index < -0.39 is 21.0 Å². The second-order valence-corrected chi connectivity index (χ2v) is 7.38. The number of non-ortho nitro benzene ring substituents is 1. The van der Waals surface area contributed by atoms with Crippen molar-refractivity contribution in [3.63, 3.8) is 0 Å². The highest BCUT2D eigenvalue weighted by Gasteiger charge is 2.24. The van der Waals surface area contributed by atoms with E-state index in [1.165, 1.54) is 12.1 Å². The molecule has 0 aliphatic rings. The third kappa shape index (κ3) is 3.98. The van der Waals surface area contributed by atoms with Crippen LogP contribution in [-0.2, 0) is 10.0 Å². The summed E-state index contributed by atoms with van der Waals surface area (Å²) >= 11 is 0. The van der Waals surface area contributed by atoms with E-state index in [1.807, 2.05) is 38.1 Å². The lowest BCUT2D eigenvalue weighted by molar-refractivity contribution is -0.385. The van der Waals surface area contributed by atoms with Gasteiger partial charge in [0.05, 0.1) is 9.82 Å². The second kappa shape index (κ2) is 7.11. The fourth-order valence-electron chi connectivity index (χ4n) is 2.43. The average molecular weight is 348 g/mol. The Morgan fingerprint density at radius 1 is 1.12 bits per heavy atom. The topological polar surface area (TPSA) is 89.3 Å². The summed E-state index contributed by atoms with van der Waals surface area (Å²) in [5.74, 6) is 0. The van der Waals surface area contributed by atoms with Gasteiger partial charge in [-0.3, -0.25) is 10.1 Å². The van der Waals surface area contributed by atoms with Crippen molar-refractivity contribution in [2.24, 2.45) is 0 Å². The van der Waals surface area contributed by atoms with Crippen molar-refractivity contribution in [2.45, 2.75) is 38.1 Å². The Morgan fingerprint density at radius 3 is 2.29 bits per heavy atom. The molecule has 6 nitrogen and oxygen atoms in total. The maximum atomic E-state index is 12.7. The molecule has 0 spiro atoms. The van der Waals surface area contributed by atoms with Crippen molar-refractivity contribution in [3.8, 4) is 0 Å². The molecule has 7 heteroatoms. The van der Waals surface area contributed by atoms with Crippen molar-refractivity contribution < 1.29 is 13.3 Å². The third-order valence-electron chi connectivity index (χ3n) is 3.86. The SMILES string of the molecule is CC[C@H](NS(=O)(=O)c1cc([N+](=O)[O-])ccc1C)c1ccc(C)cc1. The molecule has 0 aliphatic heterocycles. The molecule has 0 heterocycles. The van der Waals surface area contributed by atoms with Gasteiger partial charge in [0.25, 0.3) is 5.69 Å². The highest BCUT2D eigenvalue weighted by atomic mass is 32.2. The van der Waals surface area contributed by atoms with Gasteiger partial charge in [-0.25, -0.2) is 13.1 Å². The minimum absolute atomic E-state index is 0.0674. The largest absolute Gasteiger partial charge is 0.270 e. The second-order valence-electron chi connectivity index (χ2n) is 5.70. The number of sulfonamides is 1. The first kappa shape index (κ1) is 18.1. The molecule has 0 aromatic heterocycles. The molecule has 0 radical (unpaired) electrons. The lowest BCUT2D eigenvalue weighted by Crippen LogP contribution is -2.29. The standard InChI is InChI=1S/C17H20N2O4S/c1-4-16(14-8-5-12(2)6-9-14)18-24(22,23)17-11-15(19(20)21)10-7-13(17)3/h5-11,16,18H,4H2,1-3H3/t16-/m0/s1. The summed E-state index contributed by atoms with van der Waals surface area (Å²) in [6.07, 6.45) is 0.566. The van der Waals surface area contributed by atoms with E-state index in [0.717, 1.165) is 17.2 Å². The zero-order valence-corrected chi connectivity index (χ0v) is 14.6. The molecule has 1 N–H and O–H groups in total. The van der Waals surface area contributed by atoms with Gasteiger partial charge >= 0.3 is 0 Å². The van der Waals surface area contributed by atoms with Gasteiger partial charge in [0, 0.05) is 18.2 Å². The molecule has 0 unspecified atom stereocenters. The highest BCUT2D eigenvalue weighted by Crippen LogP contribution is 2.25. The van der Waals surface area contributed by atoms with Crippen LogP contribution in [0.4, 0.5) is 5.69 Å². The molecule has 0 amide bonds. The fourth-order valence-corrected chi connectivity index (χ4v) is 4.00. The molecule has 2 rings (SSSR count). The van der Waals surface area contributed by atoms with Gasteiger partial charge in [-0.2, -0.15) is 0 Å². The lowest BCUT2D eigenvalue weighted by atomic mass is 10.0. The Balaban J connectivity index is 2.38. The van der Waals surface area contributed by atoms with Gasteiger partial charge in [-0.1, -0.05) is 42.8 Å². The minimum atomic E-state index is -3.87. The molecular formula is C17H20N2O4S. The van der Waals surface area contributed by atoms with Crippen molar-refractivity contribution >= 4 is 15.7 Å². The Morgan fingerprint density at radius 2 is 1.75 bits per heavy atom. The van der Waals surface area contributed by atoms with E-state index in [9.17, 15) is 18.5 Å². The Kier molecular flexibility index (Phi) is 5.36. The van der Waals surface area contributed by atoms with Crippen LogP contribution in [0.15, 0.2) is 47.4 Å². The van der Waals surface area contributed by atoms with Crippen molar-refractivity contribution in [1.82, 2.24) is 4.72 Å². The quantitative estimate of drug-likeness (QED) is 0.637. The number of hydrogen-bond acceptors (Lipinski definition) is 4. The minimum Gasteiger partial charge on any atom is -0.258 e. The first-order valence-electron chi connectivity index (χ1n) is 7.58. The molecule has 0 saturated heterocycles. The summed E-state index contributed by atoms with van der Waals surface area (Å²) in [4.78, 5) is 10.2. The molecule has 2 aromatic carbocycles. The molecular weight excluding hydrogens is 328 g/mol. The van der Waals surface area contributed by atoms with Gasteiger partial charge in [0.1, 0.15) is 0 Å². The molecule has 128 valence electrons. The number of nitrogens with one attached hydrogen (secondary N) is 1. The smallest absolute Gasteiger partial charge is 0.258 e. The van der Waals surface area contributed by atoms with Crippen LogP contribution in [0.3, 0.4) is 0 Å². The van der Waals surface area contributed by atoms with Crippen molar-refractivity contribution in [2.75, 3.05) is 0 Å². The molecule has 0 bridgehead atoms. The lowest BCUT2D eigenvalue weighted by Gasteiger charge is -2.18. The average Bonchev–Trinajstić information content (AvgIpc) is 2.53. The van der Waals surface area contributed by atoms with E-state index >= 15 is 0 Å². The number of rotatable bonds is 6. The molecule has 1 atom stereocenters. The number of nitrogens with zero attached hydrogens (tertiary/aromatic N) is 1. The fraction of sp³-hybridized carbons (Fsp3) is 0.294. The predicted octanol–water partition coefficient (Wildman–Crippen LogP) is 3.64. The first-order chi connectivity index (χ1) is 11.2. The summed E-state index contributed by atoms with van der Waals surface area (Å²) in [6.45, 7) is 5.46. The zero-order chi connectivity index (χ0) is 17.9. The van der Waals surface area contributed by atoms with Gasteiger partial charge in [0.15, 0.2) is 0 Å². The molecule has 0 aliphatic carbocycles. The third-order valence-corrected chi connectivity index (χ3v) is 5.47. The van der Waals surface area contributed by atoms with Crippen molar-refractivity contribution in [1.29, 1.82) is 0 Å². The Labute approximate surface area is 141 Å². The van der Waals surface area contributed by atoms with Crippen LogP contribution in [0.25, 0.3) is 0 Å². The van der Waals surface area contributed by atoms with Crippen LogP contribution >= 0.6 is 0 Å². The number of aryl methyl sites for hydroxylation is 2. The van der Waals surface area contributed by atoms with Crippen LogP contribution in [0.2, 0.25) is 0 Å². The summed E-state index contributed by atoms with van der Waals surface area (Å²) in [7, 11) is -3.87. The molecule has 24 heavy (non-hydrogen) atoms. The van der Waals surface area contributed by atoms with Crippen LogP contribution < -0.4 is 4.72 Å². The summed E-state index contributed by atoms with van der Waals surface area (Å²) in [5, 5.41) is 10.9. The van der Waals surface area contributed by atoms with Crippen molar-refractivity contribution in [3.05, 3.63) is 69.3 Å². The van der Waals surface area contributed by atoms with E-state index in [4.69, 9.17) is 0 Å². The van der Waals surface area contributed by atoms with Gasteiger partial charge in [-0.05, 0) is 31.4 Å². The van der Waals surface area contributed by atoms with Gasteiger partial charge in [0.2, 0.25) is 10.0 Å². The normalized spacial score (nSPS) is 12.8. The number of nitro benzene ring substituents is 1. The van der Waals surface area contributed by atoms with Crippen LogP contribution in [0.5, 0.6) is 0 Å². The van der Waals surface area contributed by atoms with Crippen LogP contribution in [0, 0.1) is 24.0 Å². The maximum absolute atomic E-state index is 12.7. The van der Waals surface area contributed by atoms with Crippen LogP contribution in [0.1, 0.15) is 36.1 Å². The molecule has 2 aromatic rings. The number of hydrogen-bond donors (Lipinski definition) is 1. The van der Waals surface area contributed by atoms with Crippen LogP contribution in [-0.4, -0.2) is 13.3 Å². The molecule has 0 fully saturated rings. The van der Waals surface area contributed by atoms with E-state index in [1.54, 1.807) is 6.92 Å². The summed E-state index contributed by atoms with van der Waals surface area (Å²) < 4.78 is 28.1. The maximum Gasteiger partial charge on any atom is 0.270 e. The Bertz CT molecular complexity index is 845. The first-order valence-corrected chi connectivity index (χ1v) is 9.07. The number of nitro groups is 1.